The second-order valence-electron chi connectivity index (χ2n) is 6.96. The number of likely N-dealkylation sites (tertiary alicyclic amines) is 1. The van der Waals surface area contributed by atoms with Crippen molar-refractivity contribution in [2.75, 3.05) is 19.6 Å². The molecule has 0 radical (unpaired) electrons. The summed E-state index contributed by atoms with van der Waals surface area (Å²) in [7, 11) is 0. The highest BCUT2D eigenvalue weighted by molar-refractivity contribution is 5.79. The Morgan fingerprint density at radius 1 is 1.29 bits per heavy atom. The highest BCUT2D eigenvalue weighted by Gasteiger charge is 2.35. The van der Waals surface area contributed by atoms with Gasteiger partial charge in [-0.2, -0.15) is 0 Å². The lowest BCUT2D eigenvalue weighted by molar-refractivity contribution is -0.142. The molecule has 24 heavy (non-hydrogen) atoms. The number of nitrogens with one attached hydrogen (secondary N) is 1. The molecule has 2 N–H and O–H groups in total. The molecule has 1 aliphatic rings. The van der Waals surface area contributed by atoms with E-state index < -0.39 is 11.9 Å². The molecule has 3 atom stereocenters. The minimum absolute atomic E-state index is 0.0355. The van der Waals surface area contributed by atoms with E-state index in [9.17, 15) is 14.0 Å². The number of nitrogens with zero attached hydrogens (tertiary/aromatic N) is 1. The van der Waals surface area contributed by atoms with Crippen molar-refractivity contribution in [2.24, 2.45) is 17.8 Å². The number of rotatable bonds is 6. The molecule has 0 aliphatic carbocycles. The smallest absolute Gasteiger partial charge is 0.308 e. The number of halogens is 1. The quantitative estimate of drug-likeness (QED) is 0.836. The van der Waals surface area contributed by atoms with Crippen LogP contribution in [-0.2, 0) is 9.59 Å². The molecule has 0 spiro atoms. The maximum Gasteiger partial charge on any atom is 0.308 e. The van der Waals surface area contributed by atoms with E-state index in [1.807, 2.05) is 25.7 Å². The summed E-state index contributed by atoms with van der Waals surface area (Å²) in [4.78, 5) is 25.4. The number of carboxylic acid groups (broad SMARTS) is 1. The molecule has 1 amide bonds. The van der Waals surface area contributed by atoms with Crippen LogP contribution in [0.2, 0.25) is 0 Å². The van der Waals surface area contributed by atoms with Crippen LogP contribution in [0.1, 0.15) is 32.4 Å². The zero-order valence-electron chi connectivity index (χ0n) is 14.3. The van der Waals surface area contributed by atoms with Gasteiger partial charge >= 0.3 is 5.97 Å². The Kier molecular flexibility index (Phi) is 5.94. The number of carbonyl (C=O) groups excluding carboxylic acids is 1. The first kappa shape index (κ1) is 18.4. The fraction of sp³-hybridized carbons (Fsp3) is 0.556. The summed E-state index contributed by atoms with van der Waals surface area (Å²) in [5.74, 6) is -1.49. The summed E-state index contributed by atoms with van der Waals surface area (Å²) in [5, 5.41) is 12.2. The Hall–Kier alpha value is -1.95. The van der Waals surface area contributed by atoms with Crippen LogP contribution in [-0.4, -0.2) is 41.5 Å². The number of carbonyl (C=O) groups is 2. The predicted molar refractivity (Wildman–Crippen MR) is 88.9 cm³/mol. The molecule has 5 nitrogen and oxygen atoms in total. The fourth-order valence-electron chi connectivity index (χ4n) is 3.24. The maximum absolute atomic E-state index is 13.1. The maximum atomic E-state index is 13.1. The molecule has 132 valence electrons. The van der Waals surface area contributed by atoms with Gasteiger partial charge in [0.2, 0.25) is 5.91 Å². The lowest BCUT2D eigenvalue weighted by atomic mass is 9.96. The summed E-state index contributed by atoms with van der Waals surface area (Å²) >= 11 is 0. The van der Waals surface area contributed by atoms with Gasteiger partial charge in [0, 0.05) is 13.1 Å². The number of benzene rings is 1. The van der Waals surface area contributed by atoms with E-state index in [0.717, 1.165) is 5.56 Å². The first-order valence-corrected chi connectivity index (χ1v) is 8.28. The average molecular weight is 336 g/mol. The minimum Gasteiger partial charge on any atom is -0.481 e. The van der Waals surface area contributed by atoms with E-state index in [1.165, 1.54) is 12.1 Å². The summed E-state index contributed by atoms with van der Waals surface area (Å²) < 4.78 is 13.1. The van der Waals surface area contributed by atoms with Crippen molar-refractivity contribution in [3.63, 3.8) is 0 Å². The molecule has 2 rings (SSSR count). The zero-order chi connectivity index (χ0) is 17.9. The molecule has 1 heterocycles. The molecule has 1 saturated heterocycles. The molecular formula is C18H25FN2O3. The van der Waals surface area contributed by atoms with Crippen LogP contribution in [0, 0.1) is 23.6 Å². The molecular weight excluding hydrogens is 311 g/mol. The summed E-state index contributed by atoms with van der Waals surface area (Å²) in [5.41, 5.74) is 0.859. The highest BCUT2D eigenvalue weighted by atomic mass is 19.1. The molecule has 1 aliphatic heterocycles. The van der Waals surface area contributed by atoms with Gasteiger partial charge in [-0.15, -0.1) is 0 Å². The second kappa shape index (κ2) is 7.75. The molecule has 0 saturated carbocycles. The van der Waals surface area contributed by atoms with Crippen LogP contribution in [0.25, 0.3) is 0 Å². The topological polar surface area (TPSA) is 69.6 Å². The largest absolute Gasteiger partial charge is 0.481 e. The van der Waals surface area contributed by atoms with Gasteiger partial charge in [-0.3, -0.25) is 14.5 Å². The van der Waals surface area contributed by atoms with Gasteiger partial charge < -0.3 is 10.4 Å². The van der Waals surface area contributed by atoms with Gasteiger partial charge in [-0.1, -0.05) is 32.9 Å². The van der Waals surface area contributed by atoms with Gasteiger partial charge in [-0.25, -0.2) is 4.39 Å². The molecule has 0 aromatic heterocycles. The summed E-state index contributed by atoms with van der Waals surface area (Å²) in [6.07, 6.45) is 0. The van der Waals surface area contributed by atoms with Crippen molar-refractivity contribution >= 4 is 11.9 Å². The van der Waals surface area contributed by atoms with Crippen LogP contribution in [0.5, 0.6) is 0 Å². The van der Waals surface area contributed by atoms with E-state index in [1.54, 1.807) is 12.1 Å². The predicted octanol–water partition coefficient (Wildman–Crippen LogP) is 2.29. The van der Waals surface area contributed by atoms with E-state index in [0.29, 0.717) is 13.1 Å². The average Bonchev–Trinajstić information content (AvgIpc) is 2.86. The van der Waals surface area contributed by atoms with Crippen molar-refractivity contribution in [1.29, 1.82) is 0 Å². The third kappa shape index (κ3) is 4.54. The number of amides is 1. The van der Waals surface area contributed by atoms with Crippen molar-refractivity contribution < 1.29 is 19.1 Å². The first-order chi connectivity index (χ1) is 11.3. The van der Waals surface area contributed by atoms with Gasteiger partial charge in [0.25, 0.3) is 0 Å². The molecule has 1 fully saturated rings. The standard InChI is InChI=1S/C18H25FN2O3/c1-11(2)17(13-4-6-14(19)7-5-13)20-16(22)10-21-8-12(3)15(9-21)18(23)24/h4-7,11-12,15,17H,8-10H2,1-3H3,(H,20,22)(H,23,24)/t12-,15-,17?/m1/s1. The lowest BCUT2D eigenvalue weighted by Crippen LogP contribution is -2.39. The lowest BCUT2D eigenvalue weighted by Gasteiger charge is -2.24. The number of hydrogen-bond acceptors (Lipinski definition) is 3. The van der Waals surface area contributed by atoms with E-state index in [2.05, 4.69) is 5.32 Å². The number of aliphatic carboxylic acids is 1. The van der Waals surface area contributed by atoms with Crippen molar-refractivity contribution in [3.05, 3.63) is 35.6 Å². The Morgan fingerprint density at radius 2 is 1.92 bits per heavy atom. The van der Waals surface area contributed by atoms with E-state index in [4.69, 9.17) is 5.11 Å². The summed E-state index contributed by atoms with van der Waals surface area (Å²) in [6, 6.07) is 5.93. The van der Waals surface area contributed by atoms with Gasteiger partial charge in [0.05, 0.1) is 18.5 Å². The number of hydrogen-bond donors (Lipinski definition) is 2. The summed E-state index contributed by atoms with van der Waals surface area (Å²) in [6.45, 7) is 7.06. The van der Waals surface area contributed by atoms with E-state index >= 15 is 0 Å². The first-order valence-electron chi connectivity index (χ1n) is 8.28. The molecule has 1 unspecified atom stereocenters. The Bertz CT molecular complexity index is 588. The van der Waals surface area contributed by atoms with Gasteiger partial charge in [-0.05, 0) is 29.5 Å². The van der Waals surface area contributed by atoms with Crippen molar-refractivity contribution in [3.8, 4) is 0 Å². The Morgan fingerprint density at radius 3 is 2.42 bits per heavy atom. The zero-order valence-corrected chi connectivity index (χ0v) is 14.3. The van der Waals surface area contributed by atoms with Crippen molar-refractivity contribution in [1.82, 2.24) is 10.2 Å². The fourth-order valence-corrected chi connectivity index (χ4v) is 3.24. The normalized spacial score (nSPS) is 22.5. The third-order valence-corrected chi connectivity index (χ3v) is 4.58. The van der Waals surface area contributed by atoms with Gasteiger partial charge in [0.15, 0.2) is 0 Å². The minimum atomic E-state index is -0.809. The third-order valence-electron chi connectivity index (χ3n) is 4.58. The van der Waals surface area contributed by atoms with Crippen LogP contribution < -0.4 is 5.32 Å². The monoisotopic (exact) mass is 336 g/mol. The molecule has 1 aromatic carbocycles. The highest BCUT2D eigenvalue weighted by Crippen LogP contribution is 2.24. The second-order valence-corrected chi connectivity index (χ2v) is 6.96. The SMILES string of the molecule is CC(C)C(NC(=O)CN1C[C@@H](C)[C@H](C(=O)O)C1)c1ccc(F)cc1. The molecule has 1 aromatic rings. The van der Waals surface area contributed by atoms with Crippen LogP contribution >= 0.6 is 0 Å². The van der Waals surface area contributed by atoms with Crippen molar-refractivity contribution in [2.45, 2.75) is 26.8 Å². The van der Waals surface area contributed by atoms with Crippen LogP contribution in [0.15, 0.2) is 24.3 Å². The van der Waals surface area contributed by atoms with Crippen LogP contribution in [0.4, 0.5) is 4.39 Å². The molecule has 6 heteroatoms. The Labute approximate surface area is 141 Å². The molecule has 0 bridgehead atoms. The van der Waals surface area contributed by atoms with Gasteiger partial charge in [0.1, 0.15) is 5.82 Å². The number of carboxylic acids is 1. The Balaban J connectivity index is 1.97. The van der Waals surface area contributed by atoms with Crippen LogP contribution in [0.3, 0.4) is 0 Å². The van der Waals surface area contributed by atoms with E-state index in [-0.39, 0.29) is 36.1 Å².